The Labute approximate surface area is 123 Å². The molecule has 0 aliphatic carbocycles. The Hall–Kier alpha value is -1.41. The molecule has 7 nitrogen and oxygen atoms in total. The fourth-order valence-electron chi connectivity index (χ4n) is 2.60. The SMILES string of the molecule is O=c1cc(CN2CCN(CCO)CC2)n(CCO)cc1O. The highest BCUT2D eigenvalue weighted by molar-refractivity contribution is 5.20. The summed E-state index contributed by atoms with van der Waals surface area (Å²) in [6.07, 6.45) is 1.38. The van der Waals surface area contributed by atoms with Gasteiger partial charge in [0.05, 0.1) is 19.4 Å². The maximum Gasteiger partial charge on any atom is 0.223 e. The summed E-state index contributed by atoms with van der Waals surface area (Å²) in [6, 6.07) is 1.44. The third kappa shape index (κ3) is 4.28. The van der Waals surface area contributed by atoms with Crippen molar-refractivity contribution in [3.8, 4) is 5.75 Å². The van der Waals surface area contributed by atoms with Crippen LogP contribution in [0.4, 0.5) is 0 Å². The summed E-state index contributed by atoms with van der Waals surface area (Å²) in [4.78, 5) is 16.0. The largest absolute Gasteiger partial charge is 0.503 e. The third-order valence-corrected chi connectivity index (χ3v) is 3.80. The monoisotopic (exact) mass is 297 g/mol. The molecule has 0 bridgehead atoms. The summed E-state index contributed by atoms with van der Waals surface area (Å²) < 4.78 is 1.72. The van der Waals surface area contributed by atoms with Crippen molar-refractivity contribution in [2.75, 3.05) is 45.9 Å². The van der Waals surface area contributed by atoms with Crippen LogP contribution in [0.15, 0.2) is 17.1 Å². The molecule has 2 rings (SSSR count). The molecule has 1 aromatic heterocycles. The van der Waals surface area contributed by atoms with Crippen molar-refractivity contribution in [2.24, 2.45) is 0 Å². The van der Waals surface area contributed by atoms with Gasteiger partial charge in [-0.2, -0.15) is 0 Å². The normalized spacial score (nSPS) is 17.2. The maximum absolute atomic E-state index is 11.6. The Morgan fingerprint density at radius 2 is 1.62 bits per heavy atom. The van der Waals surface area contributed by atoms with Crippen LogP contribution in [0.25, 0.3) is 0 Å². The number of β-amino-alcohol motifs (C(OH)–C–C–N with tert-alkyl or cyclic N) is 1. The summed E-state index contributed by atoms with van der Waals surface area (Å²) in [5.74, 6) is -0.292. The van der Waals surface area contributed by atoms with Gasteiger partial charge in [-0.25, -0.2) is 0 Å². The van der Waals surface area contributed by atoms with Gasteiger partial charge in [0, 0.05) is 57.6 Å². The van der Waals surface area contributed by atoms with Crippen molar-refractivity contribution >= 4 is 0 Å². The summed E-state index contributed by atoms with van der Waals surface area (Å²) in [7, 11) is 0. The van der Waals surface area contributed by atoms with E-state index in [0.717, 1.165) is 31.9 Å². The van der Waals surface area contributed by atoms with E-state index in [9.17, 15) is 9.90 Å². The Morgan fingerprint density at radius 1 is 1.00 bits per heavy atom. The number of hydrogen-bond acceptors (Lipinski definition) is 6. The van der Waals surface area contributed by atoms with Gasteiger partial charge in [0.15, 0.2) is 5.75 Å². The van der Waals surface area contributed by atoms with Gasteiger partial charge in [-0.15, -0.1) is 0 Å². The first kappa shape index (κ1) is 16.0. The molecule has 1 aromatic rings. The second-order valence-corrected chi connectivity index (χ2v) is 5.27. The van der Waals surface area contributed by atoms with E-state index in [4.69, 9.17) is 10.2 Å². The molecular formula is C14H23N3O4. The lowest BCUT2D eigenvalue weighted by Gasteiger charge is -2.34. The lowest BCUT2D eigenvalue weighted by molar-refractivity contribution is 0.106. The molecule has 1 aliphatic rings. The van der Waals surface area contributed by atoms with Crippen LogP contribution in [0.1, 0.15) is 5.69 Å². The van der Waals surface area contributed by atoms with Gasteiger partial charge >= 0.3 is 0 Å². The fourth-order valence-corrected chi connectivity index (χ4v) is 2.60. The van der Waals surface area contributed by atoms with E-state index in [1.165, 1.54) is 12.3 Å². The van der Waals surface area contributed by atoms with Crippen molar-refractivity contribution in [2.45, 2.75) is 13.1 Å². The number of aromatic hydroxyl groups is 1. The molecule has 118 valence electrons. The van der Waals surface area contributed by atoms with E-state index in [1.807, 2.05) is 0 Å². The highest BCUT2D eigenvalue weighted by atomic mass is 16.3. The highest BCUT2D eigenvalue weighted by Gasteiger charge is 2.17. The number of pyridine rings is 1. The minimum absolute atomic E-state index is 0.0421. The molecule has 1 saturated heterocycles. The second kappa shape index (κ2) is 7.56. The average molecular weight is 297 g/mol. The molecule has 0 aromatic carbocycles. The zero-order chi connectivity index (χ0) is 15.2. The Bertz CT molecular complexity index is 509. The molecular weight excluding hydrogens is 274 g/mol. The molecule has 0 saturated carbocycles. The van der Waals surface area contributed by atoms with E-state index in [-0.39, 0.29) is 19.0 Å². The van der Waals surface area contributed by atoms with Crippen molar-refractivity contribution in [1.82, 2.24) is 14.4 Å². The zero-order valence-electron chi connectivity index (χ0n) is 12.1. The van der Waals surface area contributed by atoms with Crippen LogP contribution >= 0.6 is 0 Å². The zero-order valence-corrected chi connectivity index (χ0v) is 12.1. The molecule has 2 heterocycles. The van der Waals surface area contributed by atoms with Crippen LogP contribution in [-0.4, -0.2) is 75.6 Å². The minimum Gasteiger partial charge on any atom is -0.503 e. The lowest BCUT2D eigenvalue weighted by atomic mass is 10.2. The first-order chi connectivity index (χ1) is 10.1. The number of rotatable bonds is 6. The van der Waals surface area contributed by atoms with E-state index in [0.29, 0.717) is 19.6 Å². The number of nitrogens with zero attached hydrogens (tertiary/aromatic N) is 3. The molecule has 0 spiro atoms. The van der Waals surface area contributed by atoms with Crippen LogP contribution in [0, 0.1) is 0 Å². The first-order valence-corrected chi connectivity index (χ1v) is 7.23. The van der Waals surface area contributed by atoms with Crippen molar-refractivity contribution in [3.05, 3.63) is 28.2 Å². The van der Waals surface area contributed by atoms with E-state index < -0.39 is 5.43 Å². The van der Waals surface area contributed by atoms with Crippen LogP contribution in [0.3, 0.4) is 0 Å². The number of piperazine rings is 1. The van der Waals surface area contributed by atoms with Crippen LogP contribution < -0.4 is 5.43 Å². The van der Waals surface area contributed by atoms with Crippen molar-refractivity contribution < 1.29 is 15.3 Å². The van der Waals surface area contributed by atoms with Crippen LogP contribution in [0.5, 0.6) is 5.75 Å². The van der Waals surface area contributed by atoms with Crippen LogP contribution in [0.2, 0.25) is 0 Å². The molecule has 3 N–H and O–H groups in total. The van der Waals surface area contributed by atoms with E-state index in [1.54, 1.807) is 4.57 Å². The quantitative estimate of drug-likeness (QED) is 0.602. The van der Waals surface area contributed by atoms with Gasteiger partial charge < -0.3 is 19.9 Å². The smallest absolute Gasteiger partial charge is 0.223 e. The number of aliphatic hydroxyl groups excluding tert-OH is 2. The number of hydrogen-bond donors (Lipinski definition) is 3. The van der Waals surface area contributed by atoms with Gasteiger partial charge in [0.2, 0.25) is 5.43 Å². The number of aliphatic hydroxyl groups is 2. The standard InChI is InChI=1S/C14H23N3O4/c18-7-5-15-1-3-16(4-2-15)10-12-9-13(20)14(21)11-17(12)6-8-19/h9,11,18-19,21H,1-8,10H2. The van der Waals surface area contributed by atoms with Crippen LogP contribution in [-0.2, 0) is 13.1 Å². The Morgan fingerprint density at radius 3 is 2.24 bits per heavy atom. The molecule has 1 fully saturated rings. The third-order valence-electron chi connectivity index (χ3n) is 3.80. The summed E-state index contributed by atoms with van der Waals surface area (Å²) >= 11 is 0. The predicted octanol–water partition coefficient (Wildman–Crippen LogP) is -1.34. The fraction of sp³-hybridized carbons (Fsp3) is 0.643. The summed E-state index contributed by atoms with van der Waals surface area (Å²) in [5.41, 5.74) is 0.403. The minimum atomic E-state index is -0.391. The predicted molar refractivity (Wildman–Crippen MR) is 78.3 cm³/mol. The first-order valence-electron chi connectivity index (χ1n) is 7.23. The summed E-state index contributed by atoms with van der Waals surface area (Å²) in [6.45, 7) is 5.32. The lowest BCUT2D eigenvalue weighted by Crippen LogP contribution is -2.47. The van der Waals surface area contributed by atoms with Gasteiger partial charge in [-0.1, -0.05) is 0 Å². The second-order valence-electron chi connectivity index (χ2n) is 5.27. The molecule has 7 heteroatoms. The highest BCUT2D eigenvalue weighted by Crippen LogP contribution is 2.10. The van der Waals surface area contributed by atoms with Gasteiger partial charge in [-0.3, -0.25) is 14.6 Å². The van der Waals surface area contributed by atoms with Gasteiger partial charge in [-0.05, 0) is 0 Å². The molecule has 21 heavy (non-hydrogen) atoms. The molecule has 0 unspecified atom stereocenters. The van der Waals surface area contributed by atoms with E-state index >= 15 is 0 Å². The topological polar surface area (TPSA) is 89.2 Å². The van der Waals surface area contributed by atoms with Gasteiger partial charge in [0.25, 0.3) is 0 Å². The molecule has 0 amide bonds. The summed E-state index contributed by atoms with van der Waals surface area (Å²) in [5, 5.41) is 27.5. The number of aromatic nitrogens is 1. The molecule has 1 aliphatic heterocycles. The van der Waals surface area contributed by atoms with Crippen molar-refractivity contribution in [3.63, 3.8) is 0 Å². The molecule has 0 radical (unpaired) electrons. The maximum atomic E-state index is 11.6. The Balaban J connectivity index is 2.02. The van der Waals surface area contributed by atoms with Crippen molar-refractivity contribution in [1.29, 1.82) is 0 Å². The van der Waals surface area contributed by atoms with Gasteiger partial charge in [0.1, 0.15) is 0 Å². The Kier molecular flexibility index (Phi) is 5.75. The molecule has 0 atom stereocenters. The average Bonchev–Trinajstić information content (AvgIpc) is 2.47. The van der Waals surface area contributed by atoms with E-state index in [2.05, 4.69) is 9.80 Å².